The molecule has 0 aromatic heterocycles. The number of anilines is 1. The van der Waals surface area contributed by atoms with E-state index in [0.717, 1.165) is 12.8 Å². The minimum absolute atomic E-state index is 0.163. The molecule has 1 N–H and O–H groups in total. The van der Waals surface area contributed by atoms with E-state index in [1.165, 1.54) is 0 Å². The average molecular weight is 331 g/mol. The second-order valence-corrected chi connectivity index (χ2v) is 5.64. The standard InChI is InChI=1S/C15H20Cl2N2O2/c1-3-5-19(6-4-2)15(21)10-14(20)18-13-8-11(16)7-12(17)9-13/h7-9H,3-6,10H2,1-2H3,(H,18,20). The Balaban J connectivity index is 2.61. The van der Waals surface area contributed by atoms with Gasteiger partial charge < -0.3 is 10.2 Å². The minimum atomic E-state index is -0.365. The summed E-state index contributed by atoms with van der Waals surface area (Å²) < 4.78 is 0. The molecule has 0 atom stereocenters. The van der Waals surface area contributed by atoms with Gasteiger partial charge in [0.2, 0.25) is 11.8 Å². The fourth-order valence-corrected chi connectivity index (χ4v) is 2.51. The molecule has 0 saturated carbocycles. The second-order valence-electron chi connectivity index (χ2n) is 4.76. The van der Waals surface area contributed by atoms with Crippen molar-refractivity contribution in [3.63, 3.8) is 0 Å². The summed E-state index contributed by atoms with van der Waals surface area (Å²) >= 11 is 11.7. The molecule has 1 aromatic carbocycles. The van der Waals surface area contributed by atoms with E-state index in [2.05, 4.69) is 5.32 Å². The Kier molecular flexibility index (Phi) is 7.54. The molecule has 0 aliphatic heterocycles. The minimum Gasteiger partial charge on any atom is -0.342 e. The highest BCUT2D eigenvalue weighted by Gasteiger charge is 2.16. The Morgan fingerprint density at radius 1 is 1.05 bits per heavy atom. The third kappa shape index (κ3) is 6.36. The number of rotatable bonds is 7. The number of benzene rings is 1. The van der Waals surface area contributed by atoms with Crippen LogP contribution in [0.15, 0.2) is 18.2 Å². The van der Waals surface area contributed by atoms with Crippen LogP contribution in [0.4, 0.5) is 5.69 Å². The van der Waals surface area contributed by atoms with Gasteiger partial charge in [0.05, 0.1) is 0 Å². The van der Waals surface area contributed by atoms with Crippen LogP contribution in [0.25, 0.3) is 0 Å². The molecule has 0 aliphatic carbocycles. The van der Waals surface area contributed by atoms with Gasteiger partial charge in [-0.05, 0) is 31.0 Å². The van der Waals surface area contributed by atoms with Crippen molar-refractivity contribution in [2.75, 3.05) is 18.4 Å². The van der Waals surface area contributed by atoms with Crippen LogP contribution in [-0.2, 0) is 9.59 Å². The molecule has 4 nitrogen and oxygen atoms in total. The predicted molar refractivity (Wildman–Crippen MR) is 86.9 cm³/mol. The molecule has 1 rings (SSSR count). The molecule has 2 amide bonds. The van der Waals surface area contributed by atoms with Crippen LogP contribution in [0, 0.1) is 0 Å². The van der Waals surface area contributed by atoms with Crippen molar-refractivity contribution < 1.29 is 9.59 Å². The van der Waals surface area contributed by atoms with Crippen LogP contribution < -0.4 is 5.32 Å². The van der Waals surface area contributed by atoms with Gasteiger partial charge in [-0.15, -0.1) is 0 Å². The first-order chi connectivity index (χ1) is 9.96. The largest absolute Gasteiger partial charge is 0.342 e. The summed E-state index contributed by atoms with van der Waals surface area (Å²) in [5.74, 6) is -0.528. The lowest BCUT2D eigenvalue weighted by Crippen LogP contribution is -2.35. The number of nitrogens with one attached hydrogen (secondary N) is 1. The van der Waals surface area contributed by atoms with Gasteiger partial charge >= 0.3 is 0 Å². The van der Waals surface area contributed by atoms with E-state index in [0.29, 0.717) is 28.8 Å². The molecule has 0 heterocycles. The molecular formula is C15H20Cl2N2O2. The van der Waals surface area contributed by atoms with Crippen LogP contribution in [0.5, 0.6) is 0 Å². The van der Waals surface area contributed by atoms with Crippen molar-refractivity contribution >= 4 is 40.7 Å². The van der Waals surface area contributed by atoms with Crippen LogP contribution >= 0.6 is 23.2 Å². The topological polar surface area (TPSA) is 49.4 Å². The van der Waals surface area contributed by atoms with Crippen molar-refractivity contribution in [2.24, 2.45) is 0 Å². The first kappa shape index (κ1) is 17.8. The Hall–Kier alpha value is -1.26. The number of hydrogen-bond acceptors (Lipinski definition) is 2. The summed E-state index contributed by atoms with van der Waals surface area (Å²) in [6.07, 6.45) is 1.57. The van der Waals surface area contributed by atoms with E-state index in [1.54, 1.807) is 23.1 Å². The summed E-state index contributed by atoms with van der Waals surface area (Å²) in [4.78, 5) is 25.7. The van der Waals surface area contributed by atoms with Gasteiger partial charge in [0.15, 0.2) is 0 Å². The van der Waals surface area contributed by atoms with E-state index in [-0.39, 0.29) is 18.2 Å². The zero-order valence-electron chi connectivity index (χ0n) is 12.3. The van der Waals surface area contributed by atoms with Crippen LogP contribution in [0.1, 0.15) is 33.1 Å². The van der Waals surface area contributed by atoms with Crippen molar-refractivity contribution in [3.05, 3.63) is 28.2 Å². The molecule has 0 fully saturated rings. The molecule has 0 unspecified atom stereocenters. The van der Waals surface area contributed by atoms with E-state index in [1.807, 2.05) is 13.8 Å². The van der Waals surface area contributed by atoms with Gasteiger partial charge in [0.1, 0.15) is 6.42 Å². The Morgan fingerprint density at radius 3 is 2.05 bits per heavy atom. The fraction of sp³-hybridized carbons (Fsp3) is 0.467. The normalized spacial score (nSPS) is 10.3. The van der Waals surface area contributed by atoms with E-state index in [9.17, 15) is 9.59 Å². The number of carbonyl (C=O) groups excluding carboxylic acids is 2. The molecule has 6 heteroatoms. The molecule has 0 spiro atoms. The van der Waals surface area contributed by atoms with Gasteiger partial charge in [-0.1, -0.05) is 37.0 Å². The number of nitrogens with zero attached hydrogens (tertiary/aromatic N) is 1. The Bertz CT molecular complexity index is 480. The molecule has 0 bridgehead atoms. The first-order valence-electron chi connectivity index (χ1n) is 7.00. The van der Waals surface area contributed by atoms with E-state index < -0.39 is 0 Å². The highest BCUT2D eigenvalue weighted by molar-refractivity contribution is 6.35. The lowest BCUT2D eigenvalue weighted by atomic mass is 10.2. The summed E-state index contributed by atoms with van der Waals surface area (Å²) in [7, 11) is 0. The molecular weight excluding hydrogens is 311 g/mol. The maximum atomic E-state index is 12.1. The molecule has 1 aromatic rings. The van der Waals surface area contributed by atoms with Crippen LogP contribution in [-0.4, -0.2) is 29.8 Å². The summed E-state index contributed by atoms with van der Waals surface area (Å²) in [5, 5.41) is 3.50. The predicted octanol–water partition coefficient (Wildman–Crippen LogP) is 3.97. The maximum Gasteiger partial charge on any atom is 0.233 e. The molecule has 116 valence electrons. The lowest BCUT2D eigenvalue weighted by molar-refractivity contribution is -0.134. The Labute approximate surface area is 135 Å². The van der Waals surface area contributed by atoms with Crippen molar-refractivity contribution in [2.45, 2.75) is 33.1 Å². The smallest absolute Gasteiger partial charge is 0.233 e. The second kappa shape index (κ2) is 8.90. The summed E-state index contributed by atoms with van der Waals surface area (Å²) in [6.45, 7) is 5.35. The van der Waals surface area contributed by atoms with Gasteiger partial charge in [-0.25, -0.2) is 0 Å². The summed E-state index contributed by atoms with van der Waals surface area (Å²) in [5.41, 5.74) is 0.489. The van der Waals surface area contributed by atoms with Crippen LogP contribution in [0.3, 0.4) is 0 Å². The molecule has 0 saturated heterocycles. The summed E-state index contributed by atoms with van der Waals surface area (Å²) in [6, 6.07) is 4.76. The maximum absolute atomic E-state index is 12.1. The third-order valence-corrected chi connectivity index (χ3v) is 3.23. The number of hydrogen-bond donors (Lipinski definition) is 1. The zero-order valence-corrected chi connectivity index (χ0v) is 13.8. The zero-order chi connectivity index (χ0) is 15.8. The van der Waals surface area contributed by atoms with Gasteiger partial charge in [0, 0.05) is 28.8 Å². The highest BCUT2D eigenvalue weighted by Crippen LogP contribution is 2.22. The van der Waals surface area contributed by atoms with E-state index >= 15 is 0 Å². The molecule has 0 aliphatic rings. The third-order valence-electron chi connectivity index (χ3n) is 2.80. The number of amides is 2. The SMILES string of the molecule is CCCN(CCC)C(=O)CC(=O)Nc1cc(Cl)cc(Cl)c1. The fourth-order valence-electron chi connectivity index (χ4n) is 1.98. The van der Waals surface area contributed by atoms with Gasteiger partial charge in [-0.2, -0.15) is 0 Å². The van der Waals surface area contributed by atoms with Crippen molar-refractivity contribution in [1.82, 2.24) is 4.90 Å². The van der Waals surface area contributed by atoms with Crippen molar-refractivity contribution in [1.29, 1.82) is 0 Å². The average Bonchev–Trinajstić information content (AvgIpc) is 2.36. The monoisotopic (exact) mass is 330 g/mol. The molecule has 0 radical (unpaired) electrons. The van der Waals surface area contributed by atoms with Gasteiger partial charge in [0.25, 0.3) is 0 Å². The first-order valence-corrected chi connectivity index (χ1v) is 7.75. The number of halogens is 2. The number of carbonyl (C=O) groups is 2. The van der Waals surface area contributed by atoms with Crippen LogP contribution in [0.2, 0.25) is 10.0 Å². The van der Waals surface area contributed by atoms with E-state index in [4.69, 9.17) is 23.2 Å². The van der Waals surface area contributed by atoms with Crippen molar-refractivity contribution in [3.8, 4) is 0 Å². The lowest BCUT2D eigenvalue weighted by Gasteiger charge is -2.21. The molecule has 21 heavy (non-hydrogen) atoms. The Morgan fingerprint density at radius 2 is 1.57 bits per heavy atom. The van der Waals surface area contributed by atoms with Gasteiger partial charge in [-0.3, -0.25) is 9.59 Å². The quantitative estimate of drug-likeness (QED) is 0.769. The highest BCUT2D eigenvalue weighted by atomic mass is 35.5.